The summed E-state index contributed by atoms with van der Waals surface area (Å²) in [4.78, 5) is 4.85. The zero-order chi connectivity index (χ0) is 10.8. The van der Waals surface area contributed by atoms with Gasteiger partial charge in [-0.15, -0.1) is 0 Å². The predicted octanol–water partition coefficient (Wildman–Crippen LogP) is 2.50. The third kappa shape index (κ3) is 1.79. The fraction of sp³-hybridized carbons (Fsp3) is 0.0909. The number of halogens is 1. The maximum Gasteiger partial charge on any atom is 0.125 e. The Morgan fingerprint density at radius 3 is 2.73 bits per heavy atom. The molecule has 0 saturated heterocycles. The molecule has 0 amide bonds. The van der Waals surface area contributed by atoms with Crippen LogP contribution in [0.2, 0.25) is 0 Å². The summed E-state index contributed by atoms with van der Waals surface area (Å²) in [6.07, 6.45) is 3.67. The minimum absolute atomic E-state index is 0.321. The molecule has 0 radical (unpaired) electrons. The summed E-state index contributed by atoms with van der Waals surface area (Å²) in [5.41, 5.74) is 7.93. The number of nitrogens with one attached hydrogen (secondary N) is 1. The average Bonchev–Trinajstić information content (AvgIpc) is 2.69. The molecule has 3 N–H and O–H groups in total. The number of anilines is 3. The molecule has 1 aromatic heterocycles. The Kier molecular flexibility index (Phi) is 2.33. The molecular weight excluding hydrogens is 193 g/mol. The Balaban J connectivity index is 2.38. The fourth-order valence-corrected chi connectivity index (χ4v) is 1.49. The Labute approximate surface area is 87.3 Å². The van der Waals surface area contributed by atoms with E-state index >= 15 is 0 Å². The lowest BCUT2D eigenvalue weighted by molar-refractivity contribution is 0.628. The van der Waals surface area contributed by atoms with E-state index in [1.807, 2.05) is 30.4 Å². The van der Waals surface area contributed by atoms with Gasteiger partial charge in [0.05, 0.1) is 17.1 Å². The van der Waals surface area contributed by atoms with Gasteiger partial charge in [0, 0.05) is 19.4 Å². The highest BCUT2D eigenvalue weighted by molar-refractivity contribution is 5.73. The smallest absolute Gasteiger partial charge is 0.125 e. The number of aromatic amines is 1. The molecule has 0 fully saturated rings. The van der Waals surface area contributed by atoms with Crippen LogP contribution in [-0.4, -0.2) is 12.0 Å². The molecule has 0 saturated carbocycles. The number of rotatable bonds is 2. The van der Waals surface area contributed by atoms with Crippen LogP contribution in [0.15, 0.2) is 36.7 Å². The van der Waals surface area contributed by atoms with Gasteiger partial charge in [-0.3, -0.25) is 0 Å². The lowest BCUT2D eigenvalue weighted by Gasteiger charge is -2.19. The summed E-state index contributed by atoms with van der Waals surface area (Å²) in [7, 11) is 1.88. The molecule has 0 atom stereocenters. The van der Waals surface area contributed by atoms with Crippen LogP contribution < -0.4 is 10.6 Å². The molecule has 0 aliphatic rings. The van der Waals surface area contributed by atoms with Gasteiger partial charge in [-0.05, 0) is 24.3 Å². The van der Waals surface area contributed by atoms with Crippen molar-refractivity contribution in [3.8, 4) is 0 Å². The van der Waals surface area contributed by atoms with Gasteiger partial charge in [-0.25, -0.2) is 4.39 Å². The Morgan fingerprint density at radius 2 is 2.13 bits per heavy atom. The molecule has 78 valence electrons. The molecule has 3 nitrogen and oxygen atoms in total. The van der Waals surface area contributed by atoms with Gasteiger partial charge in [0.1, 0.15) is 5.82 Å². The summed E-state index contributed by atoms with van der Waals surface area (Å²) in [6, 6.07) is 6.30. The van der Waals surface area contributed by atoms with Crippen molar-refractivity contribution in [1.29, 1.82) is 0 Å². The van der Waals surface area contributed by atoms with Crippen LogP contribution in [0, 0.1) is 5.82 Å². The second-order valence-corrected chi connectivity index (χ2v) is 3.33. The number of nitrogen functional groups attached to an aromatic ring is 1. The van der Waals surface area contributed by atoms with Crippen LogP contribution in [0.5, 0.6) is 0 Å². The van der Waals surface area contributed by atoms with Crippen molar-refractivity contribution >= 4 is 17.1 Å². The van der Waals surface area contributed by atoms with Crippen LogP contribution in [0.1, 0.15) is 0 Å². The van der Waals surface area contributed by atoms with Gasteiger partial charge in [0.25, 0.3) is 0 Å². The summed E-state index contributed by atoms with van der Waals surface area (Å²) < 4.78 is 12.8. The largest absolute Gasteiger partial charge is 0.397 e. The molecule has 2 aromatic rings. The molecule has 0 bridgehead atoms. The number of hydrogen-bond donors (Lipinski definition) is 2. The minimum atomic E-state index is -0.321. The summed E-state index contributed by atoms with van der Waals surface area (Å²) in [5.74, 6) is -0.321. The summed E-state index contributed by atoms with van der Waals surface area (Å²) in [5, 5.41) is 0. The fourth-order valence-electron chi connectivity index (χ4n) is 1.49. The molecule has 1 heterocycles. The van der Waals surface area contributed by atoms with Crippen molar-refractivity contribution in [2.45, 2.75) is 0 Å². The average molecular weight is 205 g/mol. The van der Waals surface area contributed by atoms with Crippen molar-refractivity contribution in [2.24, 2.45) is 0 Å². The van der Waals surface area contributed by atoms with Gasteiger partial charge < -0.3 is 15.6 Å². The highest BCUT2D eigenvalue weighted by Gasteiger charge is 2.08. The molecule has 0 aliphatic carbocycles. The van der Waals surface area contributed by atoms with E-state index in [-0.39, 0.29) is 5.82 Å². The first-order valence-corrected chi connectivity index (χ1v) is 4.60. The highest BCUT2D eigenvalue weighted by Crippen LogP contribution is 2.28. The third-order valence-corrected chi connectivity index (χ3v) is 2.32. The molecule has 4 heteroatoms. The van der Waals surface area contributed by atoms with Crippen LogP contribution in [0.25, 0.3) is 0 Å². The van der Waals surface area contributed by atoms with E-state index in [1.165, 1.54) is 12.1 Å². The van der Waals surface area contributed by atoms with Crippen molar-refractivity contribution in [1.82, 2.24) is 4.98 Å². The number of nitrogens with zero attached hydrogens (tertiary/aromatic N) is 1. The number of nitrogens with two attached hydrogens (primary N) is 1. The van der Waals surface area contributed by atoms with E-state index in [0.29, 0.717) is 5.69 Å². The van der Waals surface area contributed by atoms with Gasteiger partial charge in [-0.1, -0.05) is 0 Å². The summed E-state index contributed by atoms with van der Waals surface area (Å²) in [6.45, 7) is 0. The first-order valence-electron chi connectivity index (χ1n) is 4.60. The van der Waals surface area contributed by atoms with E-state index in [2.05, 4.69) is 4.98 Å². The van der Waals surface area contributed by atoms with Gasteiger partial charge >= 0.3 is 0 Å². The SMILES string of the molecule is CN(c1cc[nH]c1)c1ccc(F)cc1N. The minimum Gasteiger partial charge on any atom is -0.397 e. The van der Waals surface area contributed by atoms with Crippen LogP contribution in [0.4, 0.5) is 21.5 Å². The zero-order valence-electron chi connectivity index (χ0n) is 8.37. The van der Waals surface area contributed by atoms with Crippen LogP contribution in [-0.2, 0) is 0 Å². The Hall–Kier alpha value is -1.97. The first kappa shape index (κ1) is 9.58. The number of hydrogen-bond acceptors (Lipinski definition) is 2. The van der Waals surface area contributed by atoms with Crippen LogP contribution >= 0.6 is 0 Å². The van der Waals surface area contributed by atoms with E-state index in [1.54, 1.807) is 6.07 Å². The standard InChI is InChI=1S/C11H12FN3/c1-15(9-4-5-14-7-9)11-3-2-8(12)6-10(11)13/h2-7,14H,13H2,1H3. The number of benzene rings is 1. The highest BCUT2D eigenvalue weighted by atomic mass is 19.1. The number of H-pyrrole nitrogens is 1. The lowest BCUT2D eigenvalue weighted by atomic mass is 10.2. The summed E-state index contributed by atoms with van der Waals surface area (Å²) >= 11 is 0. The topological polar surface area (TPSA) is 45.0 Å². The van der Waals surface area contributed by atoms with Crippen molar-refractivity contribution in [3.63, 3.8) is 0 Å². The first-order chi connectivity index (χ1) is 7.18. The lowest BCUT2D eigenvalue weighted by Crippen LogP contribution is -2.10. The Bertz CT molecular complexity index is 451. The van der Waals surface area contributed by atoms with E-state index in [0.717, 1.165) is 11.4 Å². The van der Waals surface area contributed by atoms with E-state index < -0.39 is 0 Å². The monoisotopic (exact) mass is 205 g/mol. The van der Waals surface area contributed by atoms with E-state index in [9.17, 15) is 4.39 Å². The second-order valence-electron chi connectivity index (χ2n) is 3.33. The van der Waals surface area contributed by atoms with E-state index in [4.69, 9.17) is 5.73 Å². The van der Waals surface area contributed by atoms with Gasteiger partial charge in [-0.2, -0.15) is 0 Å². The zero-order valence-corrected chi connectivity index (χ0v) is 8.37. The third-order valence-electron chi connectivity index (χ3n) is 2.32. The normalized spacial score (nSPS) is 10.3. The predicted molar refractivity (Wildman–Crippen MR) is 59.7 cm³/mol. The molecule has 2 rings (SSSR count). The maximum absolute atomic E-state index is 12.8. The quantitative estimate of drug-likeness (QED) is 0.740. The van der Waals surface area contributed by atoms with Gasteiger partial charge in [0.15, 0.2) is 0 Å². The maximum atomic E-state index is 12.8. The molecule has 15 heavy (non-hydrogen) atoms. The molecule has 0 unspecified atom stereocenters. The molecule has 0 aliphatic heterocycles. The second kappa shape index (κ2) is 3.65. The van der Waals surface area contributed by atoms with Crippen molar-refractivity contribution in [3.05, 3.63) is 42.5 Å². The molecular formula is C11H12FN3. The van der Waals surface area contributed by atoms with Crippen molar-refractivity contribution < 1.29 is 4.39 Å². The van der Waals surface area contributed by atoms with Crippen LogP contribution in [0.3, 0.4) is 0 Å². The molecule has 1 aromatic carbocycles. The van der Waals surface area contributed by atoms with Crippen molar-refractivity contribution in [2.75, 3.05) is 17.7 Å². The number of aromatic nitrogens is 1. The Morgan fingerprint density at radius 1 is 1.33 bits per heavy atom. The molecule has 0 spiro atoms. The van der Waals surface area contributed by atoms with Gasteiger partial charge in [0.2, 0.25) is 0 Å².